The summed E-state index contributed by atoms with van der Waals surface area (Å²) in [6, 6.07) is 4.41. The summed E-state index contributed by atoms with van der Waals surface area (Å²) < 4.78 is 1.02. The van der Waals surface area contributed by atoms with Crippen LogP contribution in [0.1, 0.15) is 51.1 Å². The third-order valence-electron chi connectivity index (χ3n) is 3.14. The van der Waals surface area contributed by atoms with E-state index in [0.29, 0.717) is 6.04 Å². The second-order valence-corrected chi connectivity index (χ2v) is 5.65. The lowest BCUT2D eigenvalue weighted by atomic mass is 10.0. The fourth-order valence-electron chi connectivity index (χ4n) is 2.02. The van der Waals surface area contributed by atoms with Crippen LogP contribution in [0.5, 0.6) is 0 Å². The van der Waals surface area contributed by atoms with Gasteiger partial charge in [-0.25, -0.2) is 0 Å². The lowest BCUT2D eigenvalue weighted by Crippen LogP contribution is -2.36. The van der Waals surface area contributed by atoms with Crippen molar-refractivity contribution in [2.45, 2.75) is 57.9 Å². The number of unbranched alkanes of at least 4 members (excludes halogenated alkanes) is 4. The van der Waals surface area contributed by atoms with E-state index < -0.39 is 0 Å². The van der Waals surface area contributed by atoms with Gasteiger partial charge < -0.3 is 0 Å². The Morgan fingerprint density at radius 1 is 1.28 bits per heavy atom. The van der Waals surface area contributed by atoms with Gasteiger partial charge in [0.2, 0.25) is 0 Å². The molecule has 1 aromatic heterocycles. The Kier molecular flexibility index (Phi) is 8.22. The van der Waals surface area contributed by atoms with E-state index in [4.69, 9.17) is 5.84 Å². The Bertz CT molecular complexity index is 313. The summed E-state index contributed by atoms with van der Waals surface area (Å²) in [5.41, 5.74) is 4.00. The first-order valence-corrected chi connectivity index (χ1v) is 7.62. The highest BCUT2D eigenvalue weighted by molar-refractivity contribution is 9.10. The van der Waals surface area contributed by atoms with Crippen molar-refractivity contribution < 1.29 is 0 Å². The van der Waals surface area contributed by atoms with Crippen LogP contribution in [0, 0.1) is 0 Å². The van der Waals surface area contributed by atoms with Gasteiger partial charge in [-0.1, -0.05) is 39.0 Å². The van der Waals surface area contributed by atoms with Crippen LogP contribution < -0.4 is 11.3 Å². The van der Waals surface area contributed by atoms with Crippen molar-refractivity contribution >= 4 is 15.9 Å². The molecule has 1 heterocycles. The molecule has 0 fully saturated rings. The molecule has 3 nitrogen and oxygen atoms in total. The molecule has 3 N–H and O–H groups in total. The second kappa shape index (κ2) is 9.48. The maximum Gasteiger partial charge on any atom is 0.0420 e. The largest absolute Gasteiger partial charge is 0.271 e. The van der Waals surface area contributed by atoms with Gasteiger partial charge in [0.1, 0.15) is 0 Å². The molecule has 0 saturated carbocycles. The summed E-state index contributed by atoms with van der Waals surface area (Å²) in [4.78, 5) is 4.38. The Morgan fingerprint density at radius 3 is 2.67 bits per heavy atom. The van der Waals surface area contributed by atoms with Gasteiger partial charge >= 0.3 is 0 Å². The minimum absolute atomic E-state index is 0.334. The summed E-state index contributed by atoms with van der Waals surface area (Å²) >= 11 is 3.39. The lowest BCUT2D eigenvalue weighted by molar-refractivity contribution is 0.457. The summed E-state index contributed by atoms with van der Waals surface area (Å²) in [6.07, 6.45) is 10.4. The molecule has 4 heteroatoms. The monoisotopic (exact) mass is 313 g/mol. The molecule has 1 unspecified atom stereocenters. The van der Waals surface area contributed by atoms with Crippen LogP contribution in [0.25, 0.3) is 0 Å². The molecule has 0 bridgehead atoms. The topological polar surface area (TPSA) is 50.9 Å². The van der Waals surface area contributed by atoms with Crippen LogP contribution in [-0.2, 0) is 6.42 Å². The number of hydrogen-bond acceptors (Lipinski definition) is 3. The number of halogens is 1. The van der Waals surface area contributed by atoms with Crippen LogP contribution in [0.4, 0.5) is 0 Å². The number of hydrogen-bond donors (Lipinski definition) is 2. The molecule has 1 aromatic rings. The van der Waals surface area contributed by atoms with Gasteiger partial charge in [-0.2, -0.15) is 0 Å². The van der Waals surface area contributed by atoms with Gasteiger partial charge in [0.25, 0.3) is 0 Å². The quantitative estimate of drug-likeness (QED) is 0.416. The van der Waals surface area contributed by atoms with E-state index in [9.17, 15) is 0 Å². The minimum Gasteiger partial charge on any atom is -0.271 e. The molecule has 0 spiro atoms. The third kappa shape index (κ3) is 6.47. The zero-order chi connectivity index (χ0) is 13.2. The molecule has 1 atom stereocenters. The molecule has 0 aliphatic carbocycles. The number of rotatable bonds is 9. The van der Waals surface area contributed by atoms with Crippen LogP contribution in [0.2, 0.25) is 0 Å². The maximum absolute atomic E-state index is 5.60. The number of nitrogens with one attached hydrogen (secondary N) is 1. The Hall–Kier alpha value is -0.450. The highest BCUT2D eigenvalue weighted by Crippen LogP contribution is 2.12. The molecule has 0 aliphatic rings. The van der Waals surface area contributed by atoms with Gasteiger partial charge in [-0.15, -0.1) is 0 Å². The standard InChI is InChI=1S/C14H24BrN3/c1-2-3-4-5-6-7-14(18-16)10-13-9-8-12(15)11-17-13/h8-9,11,14,18H,2-7,10,16H2,1H3. The number of hydrazine groups is 1. The van der Waals surface area contributed by atoms with E-state index in [-0.39, 0.29) is 0 Å². The Labute approximate surface area is 119 Å². The Balaban J connectivity index is 2.26. The molecule has 102 valence electrons. The highest BCUT2D eigenvalue weighted by Gasteiger charge is 2.08. The number of aromatic nitrogens is 1. The minimum atomic E-state index is 0.334. The van der Waals surface area contributed by atoms with E-state index >= 15 is 0 Å². The number of nitrogens with two attached hydrogens (primary N) is 1. The van der Waals surface area contributed by atoms with Gasteiger partial charge in [0.05, 0.1) is 0 Å². The van der Waals surface area contributed by atoms with E-state index in [1.54, 1.807) is 0 Å². The summed E-state index contributed by atoms with van der Waals surface area (Å²) in [6.45, 7) is 2.24. The molecular formula is C14H24BrN3. The highest BCUT2D eigenvalue weighted by atomic mass is 79.9. The van der Waals surface area contributed by atoms with Crippen molar-refractivity contribution in [1.82, 2.24) is 10.4 Å². The molecule has 0 amide bonds. The fraction of sp³-hybridized carbons (Fsp3) is 0.643. The first kappa shape index (κ1) is 15.6. The number of pyridine rings is 1. The van der Waals surface area contributed by atoms with E-state index in [1.807, 2.05) is 18.3 Å². The van der Waals surface area contributed by atoms with Gasteiger partial charge in [0.15, 0.2) is 0 Å². The average molecular weight is 314 g/mol. The van der Waals surface area contributed by atoms with Crippen LogP contribution >= 0.6 is 15.9 Å². The smallest absolute Gasteiger partial charge is 0.0420 e. The average Bonchev–Trinajstić information content (AvgIpc) is 2.39. The first-order chi connectivity index (χ1) is 8.76. The van der Waals surface area contributed by atoms with Crippen molar-refractivity contribution in [3.63, 3.8) is 0 Å². The fourth-order valence-corrected chi connectivity index (χ4v) is 2.25. The lowest BCUT2D eigenvalue weighted by Gasteiger charge is -2.15. The Morgan fingerprint density at radius 2 is 2.06 bits per heavy atom. The van der Waals surface area contributed by atoms with Crippen molar-refractivity contribution in [3.05, 3.63) is 28.5 Å². The zero-order valence-electron chi connectivity index (χ0n) is 11.2. The molecular weight excluding hydrogens is 290 g/mol. The normalized spacial score (nSPS) is 12.6. The molecule has 0 saturated heterocycles. The van der Waals surface area contributed by atoms with Crippen molar-refractivity contribution in [2.24, 2.45) is 5.84 Å². The van der Waals surface area contributed by atoms with Crippen LogP contribution in [-0.4, -0.2) is 11.0 Å². The molecule has 1 rings (SSSR count). The molecule has 0 radical (unpaired) electrons. The predicted molar refractivity (Wildman–Crippen MR) is 80.1 cm³/mol. The van der Waals surface area contributed by atoms with Crippen LogP contribution in [0.3, 0.4) is 0 Å². The van der Waals surface area contributed by atoms with Crippen molar-refractivity contribution in [3.8, 4) is 0 Å². The molecule has 18 heavy (non-hydrogen) atoms. The molecule has 0 aromatic carbocycles. The predicted octanol–water partition coefficient (Wildman–Crippen LogP) is 3.58. The van der Waals surface area contributed by atoms with Crippen LogP contribution in [0.15, 0.2) is 22.8 Å². The number of nitrogens with zero attached hydrogens (tertiary/aromatic N) is 1. The van der Waals surface area contributed by atoms with E-state index in [2.05, 4.69) is 33.3 Å². The maximum atomic E-state index is 5.60. The molecule has 0 aliphatic heterocycles. The van der Waals surface area contributed by atoms with Gasteiger partial charge in [0, 0.05) is 28.8 Å². The van der Waals surface area contributed by atoms with E-state index in [0.717, 1.165) is 23.0 Å². The zero-order valence-corrected chi connectivity index (χ0v) is 12.7. The van der Waals surface area contributed by atoms with Crippen molar-refractivity contribution in [1.29, 1.82) is 0 Å². The SMILES string of the molecule is CCCCCCCC(Cc1ccc(Br)cn1)NN. The van der Waals surface area contributed by atoms with Gasteiger partial charge in [-0.05, 0) is 34.5 Å². The van der Waals surface area contributed by atoms with Crippen molar-refractivity contribution in [2.75, 3.05) is 0 Å². The first-order valence-electron chi connectivity index (χ1n) is 6.82. The third-order valence-corrected chi connectivity index (χ3v) is 3.61. The summed E-state index contributed by atoms with van der Waals surface area (Å²) in [5.74, 6) is 5.60. The van der Waals surface area contributed by atoms with Gasteiger partial charge in [-0.3, -0.25) is 16.3 Å². The summed E-state index contributed by atoms with van der Waals surface area (Å²) in [7, 11) is 0. The second-order valence-electron chi connectivity index (χ2n) is 4.74. The van der Waals surface area contributed by atoms with E-state index in [1.165, 1.54) is 32.1 Å². The summed E-state index contributed by atoms with van der Waals surface area (Å²) in [5, 5.41) is 0.